The van der Waals surface area contributed by atoms with E-state index in [0.717, 1.165) is 40.7 Å². The van der Waals surface area contributed by atoms with Gasteiger partial charge in [0.05, 0.1) is 20.3 Å². The summed E-state index contributed by atoms with van der Waals surface area (Å²) in [5.74, 6) is 1.73. The highest BCUT2D eigenvalue weighted by Gasteiger charge is 2.12. The Bertz CT molecular complexity index is 614. The summed E-state index contributed by atoms with van der Waals surface area (Å²) in [6.45, 7) is 0. The van der Waals surface area contributed by atoms with Crippen molar-refractivity contribution in [3.05, 3.63) is 35.9 Å². The van der Waals surface area contributed by atoms with E-state index in [1.807, 2.05) is 30.3 Å². The first kappa shape index (κ1) is 13.2. The molecule has 2 aromatic rings. The molecule has 19 heavy (non-hydrogen) atoms. The Morgan fingerprint density at radius 3 is 2.47 bits per heavy atom. The smallest absolute Gasteiger partial charge is 0.130 e. The van der Waals surface area contributed by atoms with Crippen LogP contribution in [0.2, 0.25) is 0 Å². The number of nitrogens with zero attached hydrogens (tertiary/aromatic N) is 1. The number of fused-ring (bicyclic) bond motifs is 1. The number of aryl methyl sites for hydroxylation is 1. The summed E-state index contributed by atoms with van der Waals surface area (Å²) in [7, 11) is 3.36. The van der Waals surface area contributed by atoms with Crippen LogP contribution in [0.25, 0.3) is 10.8 Å². The molecule has 0 aliphatic rings. The Morgan fingerprint density at radius 1 is 1.11 bits per heavy atom. The summed E-state index contributed by atoms with van der Waals surface area (Å²) in [5.41, 5.74) is 1.09. The molecular formula is C16H17NO2. The number of hydrogen-bond donors (Lipinski definition) is 0. The zero-order chi connectivity index (χ0) is 13.7. The second-order valence-electron chi connectivity index (χ2n) is 4.33. The van der Waals surface area contributed by atoms with Crippen molar-refractivity contribution in [2.75, 3.05) is 14.2 Å². The maximum atomic E-state index is 8.64. The average molecular weight is 255 g/mol. The second kappa shape index (κ2) is 6.10. The van der Waals surface area contributed by atoms with Crippen molar-refractivity contribution in [2.24, 2.45) is 0 Å². The summed E-state index contributed by atoms with van der Waals surface area (Å²) in [5, 5.41) is 10.7. The number of rotatable bonds is 5. The minimum atomic E-state index is 0.554. The number of unbranched alkanes of at least 4 members (excludes halogenated alkanes) is 1. The molecule has 0 aliphatic carbocycles. The van der Waals surface area contributed by atoms with Crippen LogP contribution < -0.4 is 9.47 Å². The van der Waals surface area contributed by atoms with Crippen LogP contribution in [-0.2, 0) is 6.42 Å². The Hall–Kier alpha value is -2.21. The normalized spacial score (nSPS) is 10.2. The fourth-order valence-electron chi connectivity index (χ4n) is 2.32. The van der Waals surface area contributed by atoms with E-state index in [9.17, 15) is 0 Å². The van der Waals surface area contributed by atoms with Crippen molar-refractivity contribution in [3.8, 4) is 17.6 Å². The molecule has 2 rings (SSSR count). The molecule has 0 saturated carbocycles. The standard InChI is InChI=1S/C16H17NO2/c1-18-15-11-12(7-5-6-10-17)16(19-2)14-9-4-3-8-13(14)15/h3-4,8-9,11H,5-7H2,1-2H3. The van der Waals surface area contributed by atoms with Crippen molar-refractivity contribution < 1.29 is 9.47 Å². The number of hydrogen-bond acceptors (Lipinski definition) is 3. The van der Waals surface area contributed by atoms with E-state index in [4.69, 9.17) is 14.7 Å². The van der Waals surface area contributed by atoms with E-state index < -0.39 is 0 Å². The summed E-state index contributed by atoms with van der Waals surface area (Å²) in [4.78, 5) is 0. The van der Waals surface area contributed by atoms with Crippen molar-refractivity contribution in [2.45, 2.75) is 19.3 Å². The van der Waals surface area contributed by atoms with Gasteiger partial charge < -0.3 is 9.47 Å². The van der Waals surface area contributed by atoms with Gasteiger partial charge >= 0.3 is 0 Å². The lowest BCUT2D eigenvalue weighted by Gasteiger charge is -2.14. The van der Waals surface area contributed by atoms with Crippen LogP contribution in [0.1, 0.15) is 18.4 Å². The highest BCUT2D eigenvalue weighted by molar-refractivity contribution is 5.94. The molecule has 0 heterocycles. The van der Waals surface area contributed by atoms with Gasteiger partial charge in [-0.1, -0.05) is 24.3 Å². The Morgan fingerprint density at radius 2 is 1.84 bits per heavy atom. The van der Waals surface area contributed by atoms with Crippen LogP contribution in [0, 0.1) is 11.3 Å². The molecule has 3 nitrogen and oxygen atoms in total. The molecule has 0 N–H and O–H groups in total. The monoisotopic (exact) mass is 255 g/mol. The minimum absolute atomic E-state index is 0.554. The van der Waals surface area contributed by atoms with Gasteiger partial charge in [-0.05, 0) is 24.5 Å². The van der Waals surface area contributed by atoms with Gasteiger partial charge in [-0.2, -0.15) is 5.26 Å². The van der Waals surface area contributed by atoms with Crippen LogP contribution in [0.15, 0.2) is 30.3 Å². The molecule has 0 amide bonds. The fourth-order valence-corrected chi connectivity index (χ4v) is 2.32. The summed E-state index contributed by atoms with van der Waals surface area (Å²) < 4.78 is 11.0. The van der Waals surface area contributed by atoms with Gasteiger partial charge in [0.2, 0.25) is 0 Å². The van der Waals surface area contributed by atoms with Crippen molar-refractivity contribution >= 4 is 10.8 Å². The van der Waals surface area contributed by atoms with E-state index in [1.54, 1.807) is 14.2 Å². The second-order valence-corrected chi connectivity index (χ2v) is 4.33. The minimum Gasteiger partial charge on any atom is -0.496 e. The lowest BCUT2D eigenvalue weighted by atomic mass is 10.0. The lowest BCUT2D eigenvalue weighted by Crippen LogP contribution is -1.96. The SMILES string of the molecule is COc1cc(CCCC#N)c(OC)c2ccccc12. The predicted octanol–water partition coefficient (Wildman–Crippen LogP) is 3.70. The van der Waals surface area contributed by atoms with Crippen molar-refractivity contribution in [1.82, 2.24) is 0 Å². The molecule has 3 heteroatoms. The van der Waals surface area contributed by atoms with Crippen LogP contribution in [-0.4, -0.2) is 14.2 Å². The number of benzene rings is 2. The van der Waals surface area contributed by atoms with Gasteiger partial charge in [0.15, 0.2) is 0 Å². The van der Waals surface area contributed by atoms with Crippen molar-refractivity contribution in [1.29, 1.82) is 5.26 Å². The summed E-state index contributed by atoms with van der Waals surface area (Å²) in [6.07, 6.45) is 2.20. The molecule has 0 fully saturated rings. The topological polar surface area (TPSA) is 42.2 Å². The molecular weight excluding hydrogens is 238 g/mol. The maximum absolute atomic E-state index is 8.64. The molecule has 2 aromatic carbocycles. The van der Waals surface area contributed by atoms with Gasteiger partial charge in [-0.15, -0.1) is 0 Å². The molecule has 0 aliphatic heterocycles. The highest BCUT2D eigenvalue weighted by Crippen LogP contribution is 2.37. The zero-order valence-corrected chi connectivity index (χ0v) is 11.3. The molecule has 0 saturated heterocycles. The van der Waals surface area contributed by atoms with Crippen molar-refractivity contribution in [3.63, 3.8) is 0 Å². The predicted molar refractivity (Wildman–Crippen MR) is 75.6 cm³/mol. The summed E-state index contributed by atoms with van der Waals surface area (Å²) >= 11 is 0. The third kappa shape index (κ3) is 2.63. The lowest BCUT2D eigenvalue weighted by molar-refractivity contribution is 0.406. The molecule has 0 bridgehead atoms. The number of nitriles is 1. The van der Waals surface area contributed by atoms with E-state index in [0.29, 0.717) is 6.42 Å². The third-order valence-corrected chi connectivity index (χ3v) is 3.19. The average Bonchev–Trinajstić information content (AvgIpc) is 2.46. The molecule has 98 valence electrons. The van der Waals surface area contributed by atoms with Gasteiger partial charge in [0.25, 0.3) is 0 Å². The largest absolute Gasteiger partial charge is 0.496 e. The quantitative estimate of drug-likeness (QED) is 0.765. The van der Waals surface area contributed by atoms with Crippen LogP contribution in [0.5, 0.6) is 11.5 Å². The fraction of sp³-hybridized carbons (Fsp3) is 0.312. The molecule has 0 atom stereocenters. The first-order valence-electron chi connectivity index (χ1n) is 6.31. The van der Waals surface area contributed by atoms with Gasteiger partial charge in [0, 0.05) is 17.2 Å². The van der Waals surface area contributed by atoms with E-state index >= 15 is 0 Å². The van der Waals surface area contributed by atoms with E-state index in [-0.39, 0.29) is 0 Å². The van der Waals surface area contributed by atoms with Gasteiger partial charge in [-0.25, -0.2) is 0 Å². The zero-order valence-electron chi connectivity index (χ0n) is 11.3. The third-order valence-electron chi connectivity index (χ3n) is 3.19. The molecule has 0 spiro atoms. The number of methoxy groups -OCH3 is 2. The van der Waals surface area contributed by atoms with Gasteiger partial charge in [0.1, 0.15) is 11.5 Å². The molecule has 0 aromatic heterocycles. The first-order chi connectivity index (χ1) is 9.31. The van der Waals surface area contributed by atoms with Gasteiger partial charge in [-0.3, -0.25) is 0 Å². The van der Waals surface area contributed by atoms with E-state index in [1.165, 1.54) is 0 Å². The van der Waals surface area contributed by atoms with Crippen LogP contribution in [0.3, 0.4) is 0 Å². The van der Waals surface area contributed by atoms with Crippen LogP contribution in [0.4, 0.5) is 0 Å². The first-order valence-corrected chi connectivity index (χ1v) is 6.31. The summed E-state index contributed by atoms with van der Waals surface area (Å²) in [6, 6.07) is 12.2. The number of ether oxygens (including phenoxy) is 2. The Balaban J connectivity index is 2.53. The van der Waals surface area contributed by atoms with Crippen LogP contribution >= 0.6 is 0 Å². The Kier molecular flexibility index (Phi) is 4.25. The Labute approximate surface area is 113 Å². The van der Waals surface area contributed by atoms with E-state index in [2.05, 4.69) is 6.07 Å². The molecule has 0 radical (unpaired) electrons. The maximum Gasteiger partial charge on any atom is 0.130 e. The molecule has 0 unspecified atom stereocenters. The highest BCUT2D eigenvalue weighted by atomic mass is 16.5.